The molecule has 5 nitrogen and oxygen atoms in total. The van der Waals surface area contributed by atoms with E-state index in [1.165, 1.54) is 6.26 Å². The van der Waals surface area contributed by atoms with Crippen molar-refractivity contribution in [1.82, 2.24) is 4.90 Å². The van der Waals surface area contributed by atoms with Crippen molar-refractivity contribution in [2.45, 2.75) is 44.9 Å². The number of hydrogen-bond donors (Lipinski definition) is 0. The molecule has 0 aliphatic carbocycles. The lowest BCUT2D eigenvalue weighted by molar-refractivity contribution is 0.0646. The molecule has 25 heavy (non-hydrogen) atoms. The van der Waals surface area contributed by atoms with E-state index in [9.17, 15) is 13.2 Å². The van der Waals surface area contributed by atoms with Crippen molar-refractivity contribution in [2.75, 3.05) is 12.8 Å². The Balaban J connectivity index is 2.07. The number of fused-ring (bicyclic) bond motifs is 1. The van der Waals surface area contributed by atoms with Gasteiger partial charge in [-0.25, -0.2) is 8.42 Å². The minimum atomic E-state index is -3.29. The Labute approximate surface area is 148 Å². The van der Waals surface area contributed by atoms with E-state index in [-0.39, 0.29) is 23.5 Å². The summed E-state index contributed by atoms with van der Waals surface area (Å²) in [5.41, 5.74) is 1.03. The summed E-state index contributed by atoms with van der Waals surface area (Å²) in [7, 11) is -3.29. The molecule has 0 N–H and O–H groups in total. The summed E-state index contributed by atoms with van der Waals surface area (Å²) in [6.07, 6.45) is 4.34. The van der Waals surface area contributed by atoms with E-state index < -0.39 is 9.84 Å². The number of nitrogens with zero attached hydrogens (tertiary/aromatic N) is 1. The maximum Gasteiger partial charge on any atom is 0.290 e. The molecule has 2 aromatic rings. The van der Waals surface area contributed by atoms with Crippen LogP contribution >= 0.6 is 0 Å². The van der Waals surface area contributed by atoms with E-state index in [0.717, 1.165) is 19.3 Å². The predicted molar refractivity (Wildman–Crippen MR) is 98.3 cm³/mol. The first-order valence-electron chi connectivity index (χ1n) is 8.75. The SMILES string of the molecule is CC1CCCC(C)N(C(=O)c2oc3ccccc3c2CS(C)(=O)=O)C1. The first-order valence-corrected chi connectivity index (χ1v) is 10.8. The van der Waals surface area contributed by atoms with Crippen LogP contribution in [0, 0.1) is 5.92 Å². The minimum Gasteiger partial charge on any atom is -0.451 e. The second-order valence-electron chi connectivity index (χ2n) is 7.32. The first-order chi connectivity index (χ1) is 11.8. The zero-order valence-corrected chi connectivity index (χ0v) is 15.8. The van der Waals surface area contributed by atoms with Gasteiger partial charge in [-0.1, -0.05) is 31.5 Å². The number of hydrogen-bond acceptors (Lipinski definition) is 4. The van der Waals surface area contributed by atoms with Crippen LogP contribution in [-0.4, -0.2) is 38.1 Å². The Bertz CT molecular complexity index is 884. The molecule has 1 aliphatic heterocycles. The van der Waals surface area contributed by atoms with Gasteiger partial charge in [-0.3, -0.25) is 4.79 Å². The van der Waals surface area contributed by atoms with Gasteiger partial charge in [-0.2, -0.15) is 0 Å². The maximum absolute atomic E-state index is 13.2. The van der Waals surface area contributed by atoms with Crippen LogP contribution < -0.4 is 0 Å². The molecule has 1 aromatic carbocycles. The number of amides is 1. The lowest BCUT2D eigenvalue weighted by Crippen LogP contribution is -2.40. The van der Waals surface area contributed by atoms with Crippen molar-refractivity contribution < 1.29 is 17.6 Å². The molecular formula is C19H25NO4S. The van der Waals surface area contributed by atoms with Crippen LogP contribution in [-0.2, 0) is 15.6 Å². The van der Waals surface area contributed by atoms with E-state index in [4.69, 9.17) is 4.42 Å². The summed E-state index contributed by atoms with van der Waals surface area (Å²) in [6.45, 7) is 4.87. The van der Waals surface area contributed by atoms with Crippen LogP contribution in [0.15, 0.2) is 28.7 Å². The number of sulfone groups is 1. The molecule has 1 aromatic heterocycles. The second-order valence-corrected chi connectivity index (χ2v) is 9.46. The highest BCUT2D eigenvalue weighted by molar-refractivity contribution is 7.89. The topological polar surface area (TPSA) is 67.6 Å². The molecule has 2 unspecified atom stereocenters. The van der Waals surface area contributed by atoms with Gasteiger partial charge in [-0.05, 0) is 31.7 Å². The molecule has 3 rings (SSSR count). The molecular weight excluding hydrogens is 338 g/mol. The first kappa shape index (κ1) is 18.0. The van der Waals surface area contributed by atoms with Gasteiger partial charge in [0.25, 0.3) is 5.91 Å². The number of carbonyl (C=O) groups is 1. The molecule has 1 fully saturated rings. The normalized spacial score (nSPS) is 22.1. The molecule has 1 saturated heterocycles. The summed E-state index contributed by atoms with van der Waals surface area (Å²) in [5.74, 6) is 0.211. The van der Waals surface area contributed by atoms with Gasteiger partial charge in [0, 0.05) is 29.8 Å². The van der Waals surface area contributed by atoms with Crippen LogP contribution in [0.4, 0.5) is 0 Å². The fraction of sp³-hybridized carbons (Fsp3) is 0.526. The fourth-order valence-corrected chi connectivity index (χ4v) is 4.43. The average molecular weight is 363 g/mol. The highest BCUT2D eigenvalue weighted by atomic mass is 32.2. The molecule has 2 atom stereocenters. The smallest absolute Gasteiger partial charge is 0.290 e. The van der Waals surface area contributed by atoms with Crippen molar-refractivity contribution in [1.29, 1.82) is 0 Å². The second kappa shape index (κ2) is 6.83. The van der Waals surface area contributed by atoms with Crippen LogP contribution in [0.3, 0.4) is 0 Å². The number of carbonyl (C=O) groups excluding carboxylic acids is 1. The molecule has 2 heterocycles. The monoisotopic (exact) mass is 363 g/mol. The van der Waals surface area contributed by atoms with Gasteiger partial charge in [0.05, 0.1) is 5.75 Å². The summed E-state index contributed by atoms with van der Waals surface area (Å²) in [4.78, 5) is 15.1. The van der Waals surface area contributed by atoms with Gasteiger partial charge in [0.15, 0.2) is 15.6 Å². The van der Waals surface area contributed by atoms with Crippen LogP contribution in [0.25, 0.3) is 11.0 Å². The number of benzene rings is 1. The molecule has 0 spiro atoms. The van der Waals surface area contributed by atoms with Crippen LogP contribution in [0.5, 0.6) is 0 Å². The predicted octanol–water partition coefficient (Wildman–Crippen LogP) is 3.63. The zero-order chi connectivity index (χ0) is 18.2. The van der Waals surface area contributed by atoms with E-state index in [1.54, 1.807) is 6.07 Å². The quantitative estimate of drug-likeness (QED) is 0.835. The van der Waals surface area contributed by atoms with E-state index in [0.29, 0.717) is 29.0 Å². The fourth-order valence-electron chi connectivity index (χ4n) is 3.62. The van der Waals surface area contributed by atoms with Gasteiger partial charge in [0.1, 0.15) is 5.58 Å². The summed E-state index contributed by atoms with van der Waals surface area (Å²) < 4.78 is 29.6. The van der Waals surface area contributed by atoms with Gasteiger partial charge in [-0.15, -0.1) is 0 Å². The largest absolute Gasteiger partial charge is 0.451 e. The van der Waals surface area contributed by atoms with Gasteiger partial charge >= 0.3 is 0 Å². The third-order valence-corrected chi connectivity index (χ3v) is 5.73. The standard InChI is InChI=1S/C19H25NO4S/c1-13-7-6-8-14(2)20(11-13)19(21)18-16(12-25(3,22)23)15-9-4-5-10-17(15)24-18/h4-5,9-10,13-14H,6-8,11-12H2,1-3H3. The number of likely N-dealkylation sites (tertiary alicyclic amines) is 1. The summed E-state index contributed by atoms with van der Waals surface area (Å²) >= 11 is 0. The Morgan fingerprint density at radius 3 is 2.68 bits per heavy atom. The van der Waals surface area contributed by atoms with E-state index >= 15 is 0 Å². The molecule has 136 valence electrons. The maximum atomic E-state index is 13.2. The van der Waals surface area contributed by atoms with Crippen molar-refractivity contribution in [3.8, 4) is 0 Å². The highest BCUT2D eigenvalue weighted by Gasteiger charge is 2.31. The zero-order valence-electron chi connectivity index (χ0n) is 15.0. The minimum absolute atomic E-state index is 0.122. The van der Waals surface area contributed by atoms with Crippen molar-refractivity contribution in [3.63, 3.8) is 0 Å². The van der Waals surface area contributed by atoms with E-state index in [1.807, 2.05) is 23.1 Å². The molecule has 1 amide bonds. The molecule has 6 heteroatoms. The third-order valence-electron chi connectivity index (χ3n) is 4.92. The molecule has 0 bridgehead atoms. The van der Waals surface area contributed by atoms with Crippen LogP contribution in [0.1, 0.15) is 49.2 Å². The Hall–Kier alpha value is -1.82. The Kier molecular flexibility index (Phi) is 4.91. The van der Waals surface area contributed by atoms with Gasteiger partial charge in [0.2, 0.25) is 0 Å². The molecule has 1 aliphatic rings. The third kappa shape index (κ3) is 3.89. The van der Waals surface area contributed by atoms with Crippen molar-refractivity contribution in [2.24, 2.45) is 5.92 Å². The van der Waals surface area contributed by atoms with Crippen molar-refractivity contribution >= 4 is 26.7 Å². The van der Waals surface area contributed by atoms with Crippen LogP contribution in [0.2, 0.25) is 0 Å². The summed E-state index contributed by atoms with van der Waals surface area (Å²) in [5, 5.41) is 0.701. The van der Waals surface area contributed by atoms with Crippen molar-refractivity contribution in [3.05, 3.63) is 35.6 Å². The highest BCUT2D eigenvalue weighted by Crippen LogP contribution is 2.30. The number of rotatable bonds is 3. The Morgan fingerprint density at radius 1 is 1.24 bits per heavy atom. The molecule has 0 saturated carbocycles. The summed E-state index contributed by atoms with van der Waals surface area (Å²) in [6, 6.07) is 7.35. The van der Waals surface area contributed by atoms with Gasteiger partial charge < -0.3 is 9.32 Å². The lowest BCUT2D eigenvalue weighted by Gasteiger charge is -2.28. The number of para-hydroxylation sites is 1. The lowest BCUT2D eigenvalue weighted by atomic mass is 10.1. The Morgan fingerprint density at radius 2 is 1.96 bits per heavy atom. The molecule has 0 radical (unpaired) electrons. The average Bonchev–Trinajstić information content (AvgIpc) is 2.79. The number of furan rings is 1. The van der Waals surface area contributed by atoms with E-state index in [2.05, 4.69) is 13.8 Å².